The fourth-order valence-corrected chi connectivity index (χ4v) is 5.94. The molecule has 0 aliphatic carbocycles. The van der Waals surface area contributed by atoms with Crippen LogP contribution in [0.3, 0.4) is 0 Å². The highest BCUT2D eigenvalue weighted by Gasteiger charge is 2.30. The molecule has 0 amide bonds. The van der Waals surface area contributed by atoms with Crippen LogP contribution in [0.25, 0.3) is 6.08 Å². The zero-order chi connectivity index (χ0) is 23.3. The number of piperidine rings is 1. The lowest BCUT2D eigenvalue weighted by Crippen LogP contribution is -2.46. The molecule has 4 rings (SSSR count). The van der Waals surface area contributed by atoms with Crippen molar-refractivity contribution < 1.29 is 13.3 Å². The van der Waals surface area contributed by atoms with Gasteiger partial charge in [0.2, 0.25) is 10.0 Å². The van der Waals surface area contributed by atoms with Crippen molar-refractivity contribution >= 4 is 27.5 Å². The van der Waals surface area contributed by atoms with E-state index in [1.807, 2.05) is 23.1 Å². The molecule has 0 N–H and O–H groups in total. The summed E-state index contributed by atoms with van der Waals surface area (Å²) < 4.78 is 27.4. The SMILES string of the molecule is O=[N+]([O-])c1cc(S(=O)(=O)N2CCCCC2)ccc1N1CCN(C/C=C/c2ccccc2)CC1. The van der Waals surface area contributed by atoms with E-state index in [1.165, 1.54) is 16.4 Å². The van der Waals surface area contributed by atoms with Crippen LogP contribution in [0.5, 0.6) is 0 Å². The average Bonchev–Trinajstić information content (AvgIpc) is 2.85. The van der Waals surface area contributed by atoms with Crippen molar-refractivity contribution in [2.45, 2.75) is 24.2 Å². The van der Waals surface area contributed by atoms with Crippen LogP contribution >= 0.6 is 0 Å². The molecule has 0 spiro atoms. The molecule has 2 aliphatic heterocycles. The number of benzene rings is 2. The van der Waals surface area contributed by atoms with Crippen molar-refractivity contribution in [1.82, 2.24) is 9.21 Å². The molecule has 2 aromatic rings. The van der Waals surface area contributed by atoms with Gasteiger partial charge in [0.05, 0.1) is 9.82 Å². The van der Waals surface area contributed by atoms with E-state index in [9.17, 15) is 18.5 Å². The Kier molecular flexibility index (Phi) is 7.42. The third-order valence-corrected chi connectivity index (χ3v) is 8.18. The molecule has 0 saturated carbocycles. The smallest absolute Gasteiger partial charge is 0.293 e. The van der Waals surface area contributed by atoms with E-state index in [1.54, 1.807) is 6.07 Å². The van der Waals surface area contributed by atoms with Crippen LogP contribution in [-0.4, -0.2) is 68.4 Å². The normalized spacial score (nSPS) is 18.6. The summed E-state index contributed by atoms with van der Waals surface area (Å²) in [4.78, 5) is 15.6. The molecule has 0 radical (unpaired) electrons. The van der Waals surface area contributed by atoms with Gasteiger partial charge in [-0.05, 0) is 30.5 Å². The molecule has 2 saturated heterocycles. The van der Waals surface area contributed by atoms with Gasteiger partial charge in [-0.25, -0.2) is 8.42 Å². The second kappa shape index (κ2) is 10.5. The number of nitro groups is 1. The first-order valence-corrected chi connectivity index (χ1v) is 12.9. The highest BCUT2D eigenvalue weighted by molar-refractivity contribution is 7.89. The third-order valence-electron chi connectivity index (χ3n) is 6.28. The van der Waals surface area contributed by atoms with Gasteiger partial charge in [-0.1, -0.05) is 48.9 Å². The quantitative estimate of drug-likeness (QED) is 0.454. The predicted octanol–water partition coefficient (Wildman–Crippen LogP) is 3.60. The van der Waals surface area contributed by atoms with Crippen LogP contribution in [0.15, 0.2) is 59.5 Å². The maximum absolute atomic E-state index is 13.0. The lowest BCUT2D eigenvalue weighted by atomic mass is 10.2. The molecule has 2 aromatic carbocycles. The number of nitro benzene ring substituents is 1. The van der Waals surface area contributed by atoms with Crippen LogP contribution in [0.1, 0.15) is 24.8 Å². The summed E-state index contributed by atoms with van der Waals surface area (Å²) in [5.74, 6) is 0. The number of nitrogens with zero attached hydrogens (tertiary/aromatic N) is 4. The second-order valence-electron chi connectivity index (χ2n) is 8.47. The Morgan fingerprint density at radius 2 is 1.61 bits per heavy atom. The fourth-order valence-electron chi connectivity index (χ4n) is 4.41. The van der Waals surface area contributed by atoms with Crippen LogP contribution in [0.2, 0.25) is 0 Å². The highest BCUT2D eigenvalue weighted by atomic mass is 32.2. The molecule has 0 aromatic heterocycles. The predicted molar refractivity (Wildman–Crippen MR) is 130 cm³/mol. The summed E-state index contributed by atoms with van der Waals surface area (Å²) in [5, 5.41) is 11.8. The topological polar surface area (TPSA) is 87.0 Å². The monoisotopic (exact) mass is 470 g/mol. The summed E-state index contributed by atoms with van der Waals surface area (Å²) >= 11 is 0. The molecule has 2 heterocycles. The van der Waals surface area contributed by atoms with Gasteiger partial charge in [0.1, 0.15) is 5.69 Å². The molecule has 0 atom stereocenters. The molecular formula is C24H30N4O4S. The van der Waals surface area contributed by atoms with E-state index in [2.05, 4.69) is 29.2 Å². The van der Waals surface area contributed by atoms with E-state index < -0.39 is 14.9 Å². The van der Waals surface area contributed by atoms with Gasteiger partial charge in [-0.2, -0.15) is 4.31 Å². The number of anilines is 1. The van der Waals surface area contributed by atoms with Crippen molar-refractivity contribution in [3.05, 3.63) is 70.3 Å². The van der Waals surface area contributed by atoms with Crippen molar-refractivity contribution in [3.63, 3.8) is 0 Å². The Balaban J connectivity index is 1.42. The lowest BCUT2D eigenvalue weighted by molar-refractivity contribution is -0.384. The maximum atomic E-state index is 13.0. The van der Waals surface area contributed by atoms with Crippen molar-refractivity contribution in [3.8, 4) is 0 Å². The maximum Gasteiger partial charge on any atom is 0.293 e. The van der Waals surface area contributed by atoms with Gasteiger partial charge in [-0.15, -0.1) is 0 Å². The standard InChI is InChI=1S/C24H30N4O4S/c29-28(30)24-20-22(33(31,32)27-14-5-2-6-15-27)11-12-23(24)26-18-16-25(17-19-26)13-7-10-21-8-3-1-4-9-21/h1,3-4,7-12,20H,2,5-6,13-19H2/b10-7+. The van der Waals surface area contributed by atoms with Crippen molar-refractivity contribution in [1.29, 1.82) is 0 Å². The first-order chi connectivity index (χ1) is 15.9. The Labute approximate surface area is 195 Å². The van der Waals surface area contributed by atoms with Crippen LogP contribution < -0.4 is 4.90 Å². The van der Waals surface area contributed by atoms with E-state index in [0.717, 1.165) is 44.5 Å². The van der Waals surface area contributed by atoms with Crippen LogP contribution in [0.4, 0.5) is 11.4 Å². The Morgan fingerprint density at radius 1 is 0.909 bits per heavy atom. The summed E-state index contributed by atoms with van der Waals surface area (Å²) in [5.41, 5.74) is 1.49. The Bertz CT molecular complexity index is 1090. The minimum atomic E-state index is -3.71. The van der Waals surface area contributed by atoms with Gasteiger partial charge in [-0.3, -0.25) is 15.0 Å². The summed E-state index contributed by atoms with van der Waals surface area (Å²) in [6.45, 7) is 4.62. The number of rotatable bonds is 7. The highest BCUT2D eigenvalue weighted by Crippen LogP contribution is 2.33. The van der Waals surface area contributed by atoms with E-state index in [4.69, 9.17) is 0 Å². The first-order valence-electron chi connectivity index (χ1n) is 11.4. The average molecular weight is 471 g/mol. The van der Waals surface area contributed by atoms with Gasteiger partial charge in [0.15, 0.2) is 0 Å². The van der Waals surface area contributed by atoms with E-state index in [-0.39, 0.29) is 10.6 Å². The molecule has 176 valence electrons. The number of piperazine rings is 1. The molecule has 0 unspecified atom stereocenters. The largest absolute Gasteiger partial charge is 0.363 e. The first kappa shape index (κ1) is 23.4. The van der Waals surface area contributed by atoms with Gasteiger partial charge < -0.3 is 4.90 Å². The summed E-state index contributed by atoms with van der Waals surface area (Å²) in [7, 11) is -3.71. The minimum absolute atomic E-state index is 0.00420. The zero-order valence-electron chi connectivity index (χ0n) is 18.7. The zero-order valence-corrected chi connectivity index (χ0v) is 19.5. The van der Waals surface area contributed by atoms with E-state index in [0.29, 0.717) is 31.9 Å². The Morgan fingerprint density at radius 3 is 2.27 bits per heavy atom. The molecular weight excluding hydrogens is 440 g/mol. The fraction of sp³-hybridized carbons (Fsp3) is 0.417. The van der Waals surface area contributed by atoms with Gasteiger partial charge in [0, 0.05) is 51.9 Å². The molecule has 8 nitrogen and oxygen atoms in total. The Hall–Kier alpha value is -2.75. The number of sulfonamides is 1. The van der Waals surface area contributed by atoms with Gasteiger partial charge in [0.25, 0.3) is 5.69 Å². The van der Waals surface area contributed by atoms with Crippen LogP contribution in [-0.2, 0) is 10.0 Å². The summed E-state index contributed by atoms with van der Waals surface area (Å²) in [6, 6.07) is 14.5. The molecule has 9 heteroatoms. The molecule has 2 aliphatic rings. The van der Waals surface area contributed by atoms with Crippen molar-refractivity contribution in [2.75, 3.05) is 50.7 Å². The lowest BCUT2D eigenvalue weighted by Gasteiger charge is -2.35. The molecule has 0 bridgehead atoms. The molecule has 2 fully saturated rings. The number of hydrogen-bond acceptors (Lipinski definition) is 6. The summed E-state index contributed by atoms with van der Waals surface area (Å²) in [6.07, 6.45) is 6.89. The van der Waals surface area contributed by atoms with E-state index >= 15 is 0 Å². The third kappa shape index (κ3) is 5.61. The number of hydrogen-bond donors (Lipinski definition) is 0. The van der Waals surface area contributed by atoms with Crippen molar-refractivity contribution in [2.24, 2.45) is 0 Å². The molecule has 33 heavy (non-hydrogen) atoms. The van der Waals surface area contributed by atoms with Gasteiger partial charge >= 0.3 is 0 Å². The second-order valence-corrected chi connectivity index (χ2v) is 10.4. The minimum Gasteiger partial charge on any atom is -0.363 e. The van der Waals surface area contributed by atoms with Crippen LogP contribution in [0, 0.1) is 10.1 Å².